The standard InChI is InChI=1S/C9H19ClN2O2/c1-12(7-8-14-2)6-5-11-9(13)3-4-10/h3-8H2,1-2H3,(H,11,13). The molecule has 0 aliphatic heterocycles. The molecular formula is C9H19ClN2O2. The van der Waals surface area contributed by atoms with Crippen molar-refractivity contribution in [3.05, 3.63) is 0 Å². The van der Waals surface area contributed by atoms with E-state index >= 15 is 0 Å². The number of alkyl halides is 1. The number of methoxy groups -OCH3 is 1. The van der Waals surface area contributed by atoms with E-state index < -0.39 is 0 Å². The van der Waals surface area contributed by atoms with Crippen LogP contribution in [-0.2, 0) is 9.53 Å². The molecule has 1 N–H and O–H groups in total. The van der Waals surface area contributed by atoms with Crippen molar-refractivity contribution in [2.24, 2.45) is 0 Å². The minimum atomic E-state index is 0.0140. The third kappa shape index (κ3) is 8.29. The molecule has 0 rings (SSSR count). The summed E-state index contributed by atoms with van der Waals surface area (Å²) >= 11 is 5.42. The van der Waals surface area contributed by atoms with E-state index in [1.165, 1.54) is 0 Å². The van der Waals surface area contributed by atoms with Gasteiger partial charge in [-0.3, -0.25) is 4.79 Å². The van der Waals surface area contributed by atoms with E-state index in [0.717, 1.165) is 13.1 Å². The zero-order valence-corrected chi connectivity index (χ0v) is 9.64. The monoisotopic (exact) mass is 222 g/mol. The maximum Gasteiger partial charge on any atom is 0.221 e. The van der Waals surface area contributed by atoms with Gasteiger partial charge in [0.15, 0.2) is 0 Å². The van der Waals surface area contributed by atoms with Gasteiger partial charge in [-0.15, -0.1) is 11.6 Å². The highest BCUT2D eigenvalue weighted by Gasteiger charge is 2.00. The molecule has 0 saturated heterocycles. The van der Waals surface area contributed by atoms with Crippen LogP contribution in [0.4, 0.5) is 0 Å². The summed E-state index contributed by atoms with van der Waals surface area (Å²) in [6.45, 7) is 3.08. The summed E-state index contributed by atoms with van der Waals surface area (Å²) in [5, 5.41) is 2.79. The minimum Gasteiger partial charge on any atom is -0.383 e. The zero-order chi connectivity index (χ0) is 10.8. The Bertz CT molecular complexity index is 156. The van der Waals surface area contributed by atoms with Crippen LogP contribution < -0.4 is 5.32 Å². The summed E-state index contributed by atoms with van der Waals surface area (Å²) in [5.41, 5.74) is 0. The Morgan fingerprint density at radius 2 is 2.21 bits per heavy atom. The fourth-order valence-electron chi connectivity index (χ4n) is 0.919. The fourth-order valence-corrected chi connectivity index (χ4v) is 1.09. The van der Waals surface area contributed by atoms with Crippen LogP contribution in [0.5, 0.6) is 0 Å². The molecule has 0 atom stereocenters. The Balaban J connectivity index is 3.29. The van der Waals surface area contributed by atoms with Crippen LogP contribution in [-0.4, -0.2) is 57.1 Å². The van der Waals surface area contributed by atoms with Crippen LogP contribution in [0.3, 0.4) is 0 Å². The lowest BCUT2D eigenvalue weighted by Crippen LogP contribution is -2.34. The van der Waals surface area contributed by atoms with Crippen molar-refractivity contribution in [1.82, 2.24) is 10.2 Å². The highest BCUT2D eigenvalue weighted by molar-refractivity contribution is 6.18. The van der Waals surface area contributed by atoms with Crippen LogP contribution in [0.1, 0.15) is 6.42 Å². The lowest BCUT2D eigenvalue weighted by Gasteiger charge is -2.15. The van der Waals surface area contributed by atoms with Gasteiger partial charge in [0.05, 0.1) is 6.61 Å². The summed E-state index contributed by atoms with van der Waals surface area (Å²) in [6.07, 6.45) is 0.392. The average molecular weight is 223 g/mol. The first-order valence-electron chi connectivity index (χ1n) is 4.71. The highest BCUT2D eigenvalue weighted by atomic mass is 35.5. The molecule has 0 radical (unpaired) electrons. The van der Waals surface area contributed by atoms with Crippen molar-refractivity contribution >= 4 is 17.5 Å². The predicted molar refractivity (Wildman–Crippen MR) is 57.7 cm³/mol. The van der Waals surface area contributed by atoms with Crippen LogP contribution in [0.15, 0.2) is 0 Å². The number of rotatable bonds is 8. The summed E-state index contributed by atoms with van der Waals surface area (Å²) in [7, 11) is 3.67. The highest BCUT2D eigenvalue weighted by Crippen LogP contribution is 1.85. The molecular weight excluding hydrogens is 204 g/mol. The number of nitrogens with one attached hydrogen (secondary N) is 1. The summed E-state index contributed by atoms with van der Waals surface area (Å²) in [4.78, 5) is 13.1. The molecule has 5 heteroatoms. The number of likely N-dealkylation sites (N-methyl/N-ethyl adjacent to an activating group) is 1. The molecule has 0 bridgehead atoms. The van der Waals surface area contributed by atoms with Gasteiger partial charge in [0.2, 0.25) is 5.91 Å². The second-order valence-corrected chi connectivity index (χ2v) is 3.46. The lowest BCUT2D eigenvalue weighted by molar-refractivity contribution is -0.120. The number of nitrogens with zero attached hydrogens (tertiary/aromatic N) is 1. The number of halogens is 1. The molecule has 0 saturated carbocycles. The predicted octanol–water partition coefficient (Wildman–Crippen LogP) is 0.310. The molecule has 0 heterocycles. The maximum atomic E-state index is 11.0. The number of amides is 1. The van der Waals surface area contributed by atoms with E-state index in [2.05, 4.69) is 10.2 Å². The number of hydrogen-bond donors (Lipinski definition) is 1. The summed E-state index contributed by atoms with van der Waals surface area (Å²) < 4.78 is 4.93. The van der Waals surface area contributed by atoms with Gasteiger partial charge in [0.25, 0.3) is 0 Å². The molecule has 1 amide bonds. The molecule has 0 aliphatic carbocycles. The van der Waals surface area contributed by atoms with Gasteiger partial charge >= 0.3 is 0 Å². The zero-order valence-electron chi connectivity index (χ0n) is 8.88. The molecule has 4 nitrogen and oxygen atoms in total. The third-order valence-corrected chi connectivity index (χ3v) is 2.00. The van der Waals surface area contributed by atoms with E-state index in [9.17, 15) is 4.79 Å². The summed E-state index contributed by atoms with van der Waals surface area (Å²) in [5.74, 6) is 0.394. The molecule has 0 spiro atoms. The van der Waals surface area contributed by atoms with Gasteiger partial charge < -0.3 is 15.0 Å². The number of carbonyl (C=O) groups excluding carboxylic acids is 1. The summed E-state index contributed by atoms with van der Waals surface area (Å²) in [6, 6.07) is 0. The van der Waals surface area contributed by atoms with Crippen molar-refractivity contribution in [2.75, 3.05) is 46.3 Å². The van der Waals surface area contributed by atoms with Crippen molar-refractivity contribution in [3.8, 4) is 0 Å². The molecule has 14 heavy (non-hydrogen) atoms. The minimum absolute atomic E-state index is 0.0140. The molecule has 0 aromatic rings. The van der Waals surface area contributed by atoms with Gasteiger partial charge in [-0.25, -0.2) is 0 Å². The van der Waals surface area contributed by atoms with Gasteiger partial charge in [0, 0.05) is 39.0 Å². The SMILES string of the molecule is COCCN(C)CCNC(=O)CCCl. The van der Waals surface area contributed by atoms with Gasteiger partial charge in [-0.2, -0.15) is 0 Å². The fraction of sp³-hybridized carbons (Fsp3) is 0.889. The largest absolute Gasteiger partial charge is 0.383 e. The smallest absolute Gasteiger partial charge is 0.221 e. The van der Waals surface area contributed by atoms with E-state index in [-0.39, 0.29) is 5.91 Å². The maximum absolute atomic E-state index is 11.0. The molecule has 0 aromatic heterocycles. The lowest BCUT2D eigenvalue weighted by atomic mass is 10.4. The van der Waals surface area contributed by atoms with Crippen LogP contribution in [0.2, 0.25) is 0 Å². The number of hydrogen-bond acceptors (Lipinski definition) is 3. The number of carbonyl (C=O) groups is 1. The normalized spacial score (nSPS) is 10.6. The Morgan fingerprint density at radius 3 is 2.79 bits per heavy atom. The van der Waals surface area contributed by atoms with Crippen LogP contribution in [0, 0.1) is 0 Å². The van der Waals surface area contributed by atoms with Crippen molar-refractivity contribution < 1.29 is 9.53 Å². The van der Waals surface area contributed by atoms with E-state index in [1.807, 2.05) is 7.05 Å². The molecule has 0 fully saturated rings. The van der Waals surface area contributed by atoms with Crippen LogP contribution in [0.25, 0.3) is 0 Å². The molecule has 0 aliphatic rings. The van der Waals surface area contributed by atoms with Gasteiger partial charge in [-0.05, 0) is 7.05 Å². The Labute approximate surface area is 90.5 Å². The first kappa shape index (κ1) is 13.7. The Hall–Kier alpha value is -0.320. The quantitative estimate of drug-likeness (QED) is 0.601. The van der Waals surface area contributed by atoms with E-state index in [4.69, 9.17) is 16.3 Å². The van der Waals surface area contributed by atoms with Crippen LogP contribution >= 0.6 is 11.6 Å². The van der Waals surface area contributed by atoms with E-state index in [1.54, 1.807) is 7.11 Å². The average Bonchev–Trinajstić information content (AvgIpc) is 2.15. The van der Waals surface area contributed by atoms with Gasteiger partial charge in [-0.1, -0.05) is 0 Å². The topological polar surface area (TPSA) is 41.6 Å². The van der Waals surface area contributed by atoms with Gasteiger partial charge in [0.1, 0.15) is 0 Å². The number of ether oxygens (including phenoxy) is 1. The Morgan fingerprint density at radius 1 is 1.50 bits per heavy atom. The molecule has 0 unspecified atom stereocenters. The third-order valence-electron chi connectivity index (χ3n) is 1.81. The first-order chi connectivity index (χ1) is 6.70. The molecule has 84 valence electrons. The van der Waals surface area contributed by atoms with E-state index in [0.29, 0.717) is 25.5 Å². The van der Waals surface area contributed by atoms with Crippen molar-refractivity contribution in [3.63, 3.8) is 0 Å². The first-order valence-corrected chi connectivity index (χ1v) is 5.24. The molecule has 0 aromatic carbocycles. The second-order valence-electron chi connectivity index (χ2n) is 3.09. The Kier molecular flexibility index (Phi) is 9.03. The van der Waals surface area contributed by atoms with Crippen molar-refractivity contribution in [1.29, 1.82) is 0 Å². The van der Waals surface area contributed by atoms with Crippen molar-refractivity contribution in [2.45, 2.75) is 6.42 Å². The second kappa shape index (κ2) is 9.24.